The summed E-state index contributed by atoms with van der Waals surface area (Å²) >= 11 is 0. The van der Waals surface area contributed by atoms with Crippen molar-refractivity contribution in [3.63, 3.8) is 0 Å². The van der Waals surface area contributed by atoms with Gasteiger partial charge in [-0.1, -0.05) is 24.3 Å². The van der Waals surface area contributed by atoms with Gasteiger partial charge in [-0.05, 0) is 59.7 Å². The van der Waals surface area contributed by atoms with E-state index in [1.165, 1.54) is 40.3 Å². The third kappa shape index (κ3) is 1.18. The highest BCUT2D eigenvalue weighted by molar-refractivity contribution is 5.91. The fourth-order valence-corrected chi connectivity index (χ4v) is 3.48. The second-order valence-electron chi connectivity index (χ2n) is 5.32. The topological polar surface area (TPSA) is 12.5 Å². The van der Waals surface area contributed by atoms with Crippen LogP contribution in [0.4, 0.5) is 0 Å². The maximum Gasteiger partial charge on any atom is 0.110 e. The molecule has 4 rings (SSSR count). The average molecular weight is 224 g/mol. The van der Waals surface area contributed by atoms with Gasteiger partial charge >= 0.3 is 0 Å². The van der Waals surface area contributed by atoms with E-state index in [0.29, 0.717) is 12.2 Å². The third-order valence-electron chi connectivity index (χ3n) is 4.46. The second kappa shape index (κ2) is 3.11. The van der Waals surface area contributed by atoms with Crippen LogP contribution in [0.25, 0.3) is 10.8 Å². The van der Waals surface area contributed by atoms with E-state index in [1.807, 2.05) is 0 Å². The van der Waals surface area contributed by atoms with Crippen LogP contribution in [0.2, 0.25) is 0 Å². The molecule has 1 heterocycles. The molecule has 0 aromatic heterocycles. The van der Waals surface area contributed by atoms with Gasteiger partial charge in [-0.15, -0.1) is 0 Å². The Bertz CT molecular complexity index is 627. The minimum atomic E-state index is 0.405. The predicted octanol–water partition coefficient (Wildman–Crippen LogP) is 3.84. The Morgan fingerprint density at radius 1 is 1.06 bits per heavy atom. The fourth-order valence-electron chi connectivity index (χ4n) is 3.48. The lowest BCUT2D eigenvalue weighted by Crippen LogP contribution is -2.09. The van der Waals surface area contributed by atoms with Crippen molar-refractivity contribution in [1.82, 2.24) is 0 Å². The van der Waals surface area contributed by atoms with Gasteiger partial charge in [-0.3, -0.25) is 0 Å². The molecule has 0 bridgehead atoms. The third-order valence-corrected chi connectivity index (χ3v) is 4.46. The molecule has 2 aromatic rings. The van der Waals surface area contributed by atoms with Crippen molar-refractivity contribution < 1.29 is 4.74 Å². The highest BCUT2D eigenvalue weighted by atomic mass is 16.6. The Morgan fingerprint density at radius 2 is 1.76 bits per heavy atom. The molecule has 2 atom stereocenters. The molecule has 1 aliphatic heterocycles. The summed E-state index contributed by atoms with van der Waals surface area (Å²) in [5.74, 6) is 0. The summed E-state index contributed by atoms with van der Waals surface area (Å²) in [6.07, 6.45) is 3.31. The van der Waals surface area contributed by atoms with Crippen molar-refractivity contribution in [2.75, 3.05) is 0 Å². The Hall–Kier alpha value is -1.34. The molecule has 1 heteroatoms. The maximum absolute atomic E-state index is 5.79. The molecule has 86 valence electrons. The van der Waals surface area contributed by atoms with Gasteiger partial charge in [-0.25, -0.2) is 0 Å². The summed E-state index contributed by atoms with van der Waals surface area (Å²) in [4.78, 5) is 0. The van der Waals surface area contributed by atoms with Gasteiger partial charge in [0.15, 0.2) is 0 Å². The first kappa shape index (κ1) is 9.67. The fraction of sp³-hybridized carbons (Fsp3) is 0.375. The summed E-state index contributed by atoms with van der Waals surface area (Å²) < 4.78 is 5.79. The molecule has 1 aliphatic carbocycles. The van der Waals surface area contributed by atoms with E-state index in [9.17, 15) is 0 Å². The first-order chi connectivity index (χ1) is 8.27. The summed E-state index contributed by atoms with van der Waals surface area (Å²) in [7, 11) is 0. The van der Waals surface area contributed by atoms with Crippen molar-refractivity contribution in [2.45, 2.75) is 38.9 Å². The van der Waals surface area contributed by atoms with Gasteiger partial charge in [0.05, 0.1) is 6.10 Å². The van der Waals surface area contributed by atoms with Crippen molar-refractivity contribution in [2.24, 2.45) is 0 Å². The molecule has 2 aliphatic rings. The van der Waals surface area contributed by atoms with Crippen LogP contribution in [0, 0.1) is 13.8 Å². The zero-order valence-corrected chi connectivity index (χ0v) is 10.3. The molecule has 0 amide bonds. The second-order valence-corrected chi connectivity index (χ2v) is 5.32. The van der Waals surface area contributed by atoms with Gasteiger partial charge in [0, 0.05) is 0 Å². The Kier molecular flexibility index (Phi) is 1.77. The largest absolute Gasteiger partial charge is 0.364 e. The molecule has 2 aromatic carbocycles. The number of epoxide rings is 1. The first-order valence-corrected chi connectivity index (χ1v) is 6.43. The number of ether oxygens (including phenoxy) is 1. The molecule has 0 spiro atoms. The highest BCUT2D eigenvalue weighted by Crippen LogP contribution is 2.50. The van der Waals surface area contributed by atoms with E-state index >= 15 is 0 Å². The smallest absolute Gasteiger partial charge is 0.110 e. The number of aryl methyl sites for hydroxylation is 2. The van der Waals surface area contributed by atoms with E-state index in [4.69, 9.17) is 4.74 Å². The van der Waals surface area contributed by atoms with Crippen LogP contribution in [0.15, 0.2) is 24.3 Å². The first-order valence-electron chi connectivity index (χ1n) is 6.43. The molecule has 1 nitrogen and oxygen atoms in total. The number of benzene rings is 2. The van der Waals surface area contributed by atoms with Gasteiger partial charge in [0.25, 0.3) is 0 Å². The van der Waals surface area contributed by atoms with Gasteiger partial charge in [-0.2, -0.15) is 0 Å². The van der Waals surface area contributed by atoms with E-state index < -0.39 is 0 Å². The summed E-state index contributed by atoms with van der Waals surface area (Å²) in [6, 6.07) is 8.76. The maximum atomic E-state index is 5.79. The van der Waals surface area contributed by atoms with E-state index in [0.717, 1.165) is 0 Å². The molecule has 1 saturated heterocycles. The lowest BCUT2D eigenvalue weighted by Gasteiger charge is -2.20. The zero-order valence-electron chi connectivity index (χ0n) is 10.3. The Morgan fingerprint density at radius 3 is 2.53 bits per heavy atom. The molecule has 0 radical (unpaired) electrons. The lowest BCUT2D eigenvalue weighted by atomic mass is 9.82. The van der Waals surface area contributed by atoms with Crippen molar-refractivity contribution in [3.8, 4) is 0 Å². The summed E-state index contributed by atoms with van der Waals surface area (Å²) in [6.45, 7) is 4.52. The number of rotatable bonds is 0. The molecule has 17 heavy (non-hydrogen) atoms. The molecular formula is C16H16O. The quantitative estimate of drug-likeness (QED) is 0.619. The average Bonchev–Trinajstić information content (AvgIpc) is 3.14. The molecule has 2 unspecified atom stereocenters. The Balaban J connectivity index is 2.14. The normalized spacial score (nSPS) is 25.5. The van der Waals surface area contributed by atoms with Crippen molar-refractivity contribution >= 4 is 10.8 Å². The predicted molar refractivity (Wildman–Crippen MR) is 69.4 cm³/mol. The SMILES string of the molecule is Cc1c2c(c(C)c3ccccc13)C1OC1CC2. The number of fused-ring (bicyclic) bond motifs is 4. The lowest BCUT2D eigenvalue weighted by molar-refractivity contribution is 0.372. The van der Waals surface area contributed by atoms with Crippen molar-refractivity contribution in [1.29, 1.82) is 0 Å². The number of hydrogen-bond donors (Lipinski definition) is 0. The molecule has 1 fully saturated rings. The minimum absolute atomic E-state index is 0.405. The molecule has 0 N–H and O–H groups in total. The van der Waals surface area contributed by atoms with Crippen LogP contribution in [-0.2, 0) is 11.2 Å². The summed E-state index contributed by atoms with van der Waals surface area (Å²) in [5, 5.41) is 2.82. The zero-order chi connectivity index (χ0) is 11.6. The molecular weight excluding hydrogens is 208 g/mol. The van der Waals surface area contributed by atoms with Crippen LogP contribution in [-0.4, -0.2) is 6.10 Å². The standard InChI is InChI=1S/C16H16O/c1-9-11-5-3-4-6-12(11)10(2)15-13(9)7-8-14-16(15)17-14/h3-6,14,16H,7-8H2,1-2H3. The van der Waals surface area contributed by atoms with Gasteiger partial charge in [0.2, 0.25) is 0 Å². The van der Waals surface area contributed by atoms with Gasteiger partial charge in [0.1, 0.15) is 6.10 Å². The van der Waals surface area contributed by atoms with Crippen LogP contribution in [0.5, 0.6) is 0 Å². The van der Waals surface area contributed by atoms with Crippen LogP contribution in [0.3, 0.4) is 0 Å². The van der Waals surface area contributed by atoms with Crippen LogP contribution < -0.4 is 0 Å². The van der Waals surface area contributed by atoms with Gasteiger partial charge < -0.3 is 4.74 Å². The minimum Gasteiger partial charge on any atom is -0.364 e. The van der Waals surface area contributed by atoms with Crippen LogP contribution in [0.1, 0.15) is 34.8 Å². The number of hydrogen-bond acceptors (Lipinski definition) is 1. The Labute approximate surface area is 101 Å². The van der Waals surface area contributed by atoms with Crippen molar-refractivity contribution in [3.05, 3.63) is 46.5 Å². The van der Waals surface area contributed by atoms with E-state index in [1.54, 1.807) is 5.56 Å². The van der Waals surface area contributed by atoms with E-state index in [2.05, 4.69) is 38.1 Å². The van der Waals surface area contributed by atoms with Crippen LogP contribution >= 0.6 is 0 Å². The summed E-state index contributed by atoms with van der Waals surface area (Å²) in [5.41, 5.74) is 5.96. The molecule has 0 saturated carbocycles. The monoisotopic (exact) mass is 224 g/mol. The van der Waals surface area contributed by atoms with E-state index in [-0.39, 0.29) is 0 Å². The highest BCUT2D eigenvalue weighted by Gasteiger charge is 2.45.